The van der Waals surface area contributed by atoms with Gasteiger partial charge in [0.2, 0.25) is 0 Å². The first-order valence-corrected chi connectivity index (χ1v) is 14.7. The molecule has 0 fully saturated rings. The number of carbonyl (C=O) groups is 7. The molecule has 0 aliphatic heterocycles. The van der Waals surface area contributed by atoms with Crippen molar-refractivity contribution in [2.24, 2.45) is 0 Å². The summed E-state index contributed by atoms with van der Waals surface area (Å²) in [6.45, 7) is 9.80. The van der Waals surface area contributed by atoms with Gasteiger partial charge in [0.25, 0.3) is 0 Å². The fraction of sp³-hybridized carbons (Fsp3) is 0.767. The first-order chi connectivity index (χ1) is 19.6. The third-order valence-corrected chi connectivity index (χ3v) is 4.71. The molecule has 0 saturated carbocycles. The van der Waals surface area contributed by atoms with Crippen molar-refractivity contribution in [1.29, 1.82) is 0 Å². The smallest absolute Gasteiger partial charge is 0.550 e. The van der Waals surface area contributed by atoms with Crippen LogP contribution in [-0.2, 0) is 33.6 Å². The van der Waals surface area contributed by atoms with E-state index in [1.165, 1.54) is 0 Å². The molecule has 0 aromatic heterocycles. The molecule has 0 heterocycles. The van der Waals surface area contributed by atoms with E-state index in [-0.39, 0.29) is 35.3 Å². The van der Waals surface area contributed by atoms with Gasteiger partial charge in [0.1, 0.15) is 11.6 Å². The van der Waals surface area contributed by atoms with Crippen LogP contribution in [0.5, 0.6) is 0 Å². The number of rotatable bonds is 20. The summed E-state index contributed by atoms with van der Waals surface area (Å²) in [7, 11) is 0. The van der Waals surface area contributed by atoms with E-state index in [1.807, 2.05) is 20.8 Å². The van der Waals surface area contributed by atoms with Gasteiger partial charge in [-0.25, -0.2) is 0 Å². The molecule has 12 nitrogen and oxygen atoms in total. The van der Waals surface area contributed by atoms with Crippen LogP contribution in [0.15, 0.2) is 0 Å². The predicted octanol–water partition coefficient (Wildman–Crippen LogP) is 2.23. The second kappa shape index (κ2) is 43.7. The van der Waals surface area contributed by atoms with Crippen LogP contribution in [0.25, 0.3) is 0 Å². The molecule has 2 N–H and O–H groups in total. The number of hydrogen-bond donors (Lipinski definition) is 2. The summed E-state index contributed by atoms with van der Waals surface area (Å²) in [5.74, 6) is -5.37. The molecular weight excluding hydrogens is 579 g/mol. The van der Waals surface area contributed by atoms with Gasteiger partial charge in [0.15, 0.2) is 0 Å². The van der Waals surface area contributed by atoms with E-state index in [9.17, 15) is 48.9 Å². The average molecular weight is 633 g/mol. The molecule has 0 unspecified atom stereocenters. The topological polar surface area (TPSA) is 229 Å². The fourth-order valence-corrected chi connectivity index (χ4v) is 2.63. The molecule has 0 amide bonds. The van der Waals surface area contributed by atoms with Crippen molar-refractivity contribution in [2.75, 3.05) is 0 Å². The van der Waals surface area contributed by atoms with Crippen LogP contribution in [0.4, 0.5) is 0 Å². The summed E-state index contributed by atoms with van der Waals surface area (Å²) in [5, 5.41) is 45.5. The Hall–Kier alpha value is -2.78. The van der Waals surface area contributed by atoms with Crippen LogP contribution in [0.1, 0.15) is 150 Å². The van der Waals surface area contributed by atoms with Crippen molar-refractivity contribution < 1.29 is 59.1 Å². The minimum absolute atomic E-state index is 0. The summed E-state index contributed by atoms with van der Waals surface area (Å²) >= 11 is 0. The van der Waals surface area contributed by atoms with Crippen molar-refractivity contribution in [3.05, 3.63) is 0 Å². The van der Waals surface area contributed by atoms with E-state index in [2.05, 4.69) is 13.8 Å². The Balaban J connectivity index is -0.0000000990. The third-order valence-electron chi connectivity index (χ3n) is 4.71. The van der Waals surface area contributed by atoms with Gasteiger partial charge < -0.3 is 39.9 Å². The summed E-state index contributed by atoms with van der Waals surface area (Å²) < 4.78 is 0. The Morgan fingerprint density at radius 3 is 0.884 bits per heavy atom. The summed E-state index contributed by atoms with van der Waals surface area (Å²) in [4.78, 5) is 69.9. The van der Waals surface area contributed by atoms with Crippen LogP contribution >= 0.6 is 0 Å². The van der Waals surface area contributed by atoms with Crippen LogP contribution in [0.3, 0.4) is 0 Å². The number of ketones is 2. The second-order valence-corrected chi connectivity index (χ2v) is 9.21. The van der Waals surface area contributed by atoms with Crippen molar-refractivity contribution in [3.8, 4) is 0 Å². The SMILES string of the molecule is CCCC(=O)CC(=O)[O-].CCCC(=O)CC(=O)[O-].CCCCCC(=O)O.CCCCCC(=O)O.CCCCCC(=O)[O-].[Al+3]. The number of unbranched alkanes of at least 4 members (excludes halogenated alkanes) is 6. The Morgan fingerprint density at radius 1 is 0.419 bits per heavy atom. The Kier molecular flexibility index (Phi) is 53.7. The van der Waals surface area contributed by atoms with Crippen LogP contribution < -0.4 is 15.3 Å². The standard InChI is InChI=1S/2C6H10O3.3C6H12O2.Al/c2*1-2-3-5(7)4-6(8)9;3*1-2-3-4-5-6(7)8;/h2*2-4H2,1H3,(H,8,9);3*2-5H2,1H3,(H,7,8);/q;;;;;+3/p-3. The molecule has 0 bridgehead atoms. The number of hydrogen-bond acceptors (Lipinski definition) is 10. The van der Waals surface area contributed by atoms with E-state index in [0.29, 0.717) is 38.5 Å². The number of carboxylic acids is 5. The van der Waals surface area contributed by atoms with E-state index in [4.69, 9.17) is 10.2 Å². The maximum atomic E-state index is 10.4. The minimum Gasteiger partial charge on any atom is -0.550 e. The number of Topliss-reactive ketones (excluding diaryl/α,β-unsaturated/α-hetero) is 2. The molecule has 0 spiro atoms. The van der Waals surface area contributed by atoms with Crippen molar-refractivity contribution in [2.45, 2.75) is 150 Å². The number of carbonyl (C=O) groups excluding carboxylic acids is 5. The van der Waals surface area contributed by atoms with Gasteiger partial charge in [-0.15, -0.1) is 0 Å². The van der Waals surface area contributed by atoms with Gasteiger partial charge in [-0.2, -0.15) is 0 Å². The Morgan fingerprint density at radius 2 is 0.698 bits per heavy atom. The average Bonchev–Trinajstić information content (AvgIpc) is 2.85. The first kappa shape index (κ1) is 52.8. The molecule has 13 heteroatoms. The van der Waals surface area contributed by atoms with Gasteiger partial charge in [-0.3, -0.25) is 19.2 Å². The van der Waals surface area contributed by atoms with Crippen LogP contribution in [0.2, 0.25) is 0 Å². The summed E-state index contributed by atoms with van der Waals surface area (Å²) in [6.07, 6.45) is 10.8. The molecule has 0 aromatic rings. The molecule has 0 saturated heterocycles. The van der Waals surface area contributed by atoms with Crippen LogP contribution in [0, 0.1) is 0 Å². The van der Waals surface area contributed by atoms with E-state index >= 15 is 0 Å². The molecule has 0 aromatic carbocycles. The van der Waals surface area contributed by atoms with Gasteiger partial charge in [0.05, 0.1) is 0 Å². The predicted molar refractivity (Wildman–Crippen MR) is 158 cm³/mol. The quantitative estimate of drug-likeness (QED) is 0.112. The number of aliphatic carboxylic acids is 5. The van der Waals surface area contributed by atoms with Gasteiger partial charge in [-0.05, 0) is 38.5 Å². The monoisotopic (exact) mass is 632 g/mol. The summed E-state index contributed by atoms with van der Waals surface area (Å²) in [6, 6.07) is 0. The Bertz CT molecular complexity index is 646. The summed E-state index contributed by atoms with van der Waals surface area (Å²) in [5.41, 5.74) is 0. The first-order valence-electron chi connectivity index (χ1n) is 14.7. The fourth-order valence-electron chi connectivity index (χ4n) is 2.63. The van der Waals surface area contributed by atoms with Gasteiger partial charge in [0, 0.05) is 56.4 Å². The molecule has 0 radical (unpaired) electrons. The molecule has 0 aliphatic rings. The molecule has 0 rings (SSSR count). The van der Waals surface area contributed by atoms with Gasteiger partial charge in [-0.1, -0.05) is 73.1 Å². The van der Waals surface area contributed by atoms with Crippen molar-refractivity contribution in [1.82, 2.24) is 0 Å². The number of carboxylic acid groups (broad SMARTS) is 5. The minimum atomic E-state index is -1.28. The van der Waals surface area contributed by atoms with E-state index in [1.54, 1.807) is 0 Å². The largest absolute Gasteiger partial charge is 3.00 e. The molecule has 248 valence electrons. The van der Waals surface area contributed by atoms with Gasteiger partial charge >= 0.3 is 29.3 Å². The van der Waals surface area contributed by atoms with Crippen molar-refractivity contribution in [3.63, 3.8) is 0 Å². The third kappa shape index (κ3) is 79.0. The maximum absolute atomic E-state index is 10.4. The van der Waals surface area contributed by atoms with Crippen molar-refractivity contribution >= 4 is 58.8 Å². The zero-order valence-electron chi connectivity index (χ0n) is 26.8. The van der Waals surface area contributed by atoms with E-state index < -0.39 is 42.7 Å². The molecule has 0 atom stereocenters. The van der Waals surface area contributed by atoms with E-state index in [0.717, 1.165) is 57.8 Å². The maximum Gasteiger partial charge on any atom is 3.00 e. The Labute approximate surface area is 267 Å². The molecule has 43 heavy (non-hydrogen) atoms. The zero-order valence-corrected chi connectivity index (χ0v) is 27.9. The van der Waals surface area contributed by atoms with Crippen LogP contribution in [-0.4, -0.2) is 69.0 Å². The zero-order chi connectivity index (χ0) is 33.8. The molecular formula is C30H53AlO12. The normalized spacial score (nSPS) is 8.86. The second-order valence-electron chi connectivity index (χ2n) is 9.21. The molecule has 0 aliphatic carbocycles.